The highest BCUT2D eigenvalue weighted by atomic mass is 32.1. The lowest BCUT2D eigenvalue weighted by atomic mass is 10.3. The van der Waals surface area contributed by atoms with E-state index in [4.69, 9.17) is 4.42 Å². The maximum atomic E-state index is 12.3. The van der Waals surface area contributed by atoms with Crippen LogP contribution in [0.1, 0.15) is 11.5 Å². The van der Waals surface area contributed by atoms with Crippen molar-refractivity contribution in [2.24, 2.45) is 4.99 Å². The first-order valence-corrected chi connectivity index (χ1v) is 9.40. The summed E-state index contributed by atoms with van der Waals surface area (Å²) in [6.45, 7) is 1.31. The van der Waals surface area contributed by atoms with E-state index in [0.29, 0.717) is 34.8 Å². The molecule has 1 aromatic carbocycles. The van der Waals surface area contributed by atoms with E-state index in [2.05, 4.69) is 15.6 Å². The van der Waals surface area contributed by atoms with Gasteiger partial charge in [-0.3, -0.25) is 23.9 Å². The van der Waals surface area contributed by atoms with Gasteiger partial charge in [0.25, 0.3) is 5.56 Å². The lowest BCUT2D eigenvalue weighted by molar-refractivity contribution is -0.136. The standard InChI is InChI=1S/C19H16N4O4S/c24-16(17(25)22-12-4-2-1-3-5-12)21-11-14-7-6-13(27-14)10-15-18(26)23-9-8-20-19(23)28-15/h1-7,10H,8-9,11H2,(H,21,24)(H,22,25)/b15-10+. The second-order valence-electron chi connectivity index (χ2n) is 6.04. The minimum Gasteiger partial charge on any atom is -0.460 e. The lowest BCUT2D eigenvalue weighted by Gasteiger charge is -2.05. The molecule has 3 aromatic rings. The highest BCUT2D eigenvalue weighted by Gasteiger charge is 2.14. The lowest BCUT2D eigenvalue weighted by Crippen LogP contribution is -2.34. The van der Waals surface area contributed by atoms with Crippen molar-refractivity contribution in [2.75, 3.05) is 11.9 Å². The van der Waals surface area contributed by atoms with Crippen LogP contribution >= 0.6 is 11.3 Å². The van der Waals surface area contributed by atoms with Crippen molar-refractivity contribution in [3.63, 3.8) is 0 Å². The van der Waals surface area contributed by atoms with Gasteiger partial charge in [0.2, 0.25) is 0 Å². The molecule has 0 unspecified atom stereocenters. The molecule has 0 atom stereocenters. The molecule has 0 bridgehead atoms. The van der Waals surface area contributed by atoms with Crippen molar-refractivity contribution in [2.45, 2.75) is 13.1 Å². The molecule has 0 spiro atoms. The predicted octanol–water partition coefficient (Wildman–Crippen LogP) is 0.220. The minimum absolute atomic E-state index is 0.0597. The van der Waals surface area contributed by atoms with Crippen LogP contribution in [-0.4, -0.2) is 22.9 Å². The summed E-state index contributed by atoms with van der Waals surface area (Å²) in [7, 11) is 0. The predicted molar refractivity (Wildman–Crippen MR) is 103 cm³/mol. The summed E-state index contributed by atoms with van der Waals surface area (Å²) in [4.78, 5) is 41.0. The van der Waals surface area contributed by atoms with Gasteiger partial charge < -0.3 is 15.1 Å². The van der Waals surface area contributed by atoms with Gasteiger partial charge in [-0.25, -0.2) is 0 Å². The van der Waals surface area contributed by atoms with Crippen LogP contribution in [0.15, 0.2) is 56.7 Å². The van der Waals surface area contributed by atoms with Crippen LogP contribution in [-0.2, 0) is 22.7 Å². The molecule has 28 heavy (non-hydrogen) atoms. The summed E-state index contributed by atoms with van der Waals surface area (Å²) in [6.07, 6.45) is 1.65. The number of anilines is 1. The van der Waals surface area contributed by atoms with Crippen LogP contribution < -0.4 is 25.5 Å². The zero-order chi connectivity index (χ0) is 19.5. The molecule has 4 rings (SSSR count). The number of nitrogens with zero attached hydrogens (tertiary/aromatic N) is 2. The highest BCUT2D eigenvalue weighted by molar-refractivity contribution is 7.07. The number of nitrogens with one attached hydrogen (secondary N) is 2. The van der Waals surface area contributed by atoms with Crippen molar-refractivity contribution in [3.8, 4) is 0 Å². The third-order valence-corrected chi connectivity index (χ3v) is 5.12. The number of para-hydroxylation sites is 1. The molecule has 2 amide bonds. The molecule has 2 aromatic heterocycles. The molecule has 0 fully saturated rings. The van der Waals surface area contributed by atoms with Gasteiger partial charge in [0.1, 0.15) is 11.5 Å². The Labute approximate surface area is 162 Å². The molecule has 1 aliphatic heterocycles. The van der Waals surface area contributed by atoms with Crippen LogP contribution in [0.4, 0.5) is 5.69 Å². The minimum atomic E-state index is -0.764. The van der Waals surface area contributed by atoms with E-state index in [1.165, 1.54) is 11.3 Å². The second kappa shape index (κ2) is 7.65. The number of furan rings is 1. The molecular weight excluding hydrogens is 380 g/mol. The van der Waals surface area contributed by atoms with Crippen LogP contribution in [0.2, 0.25) is 0 Å². The molecule has 9 heteroatoms. The van der Waals surface area contributed by atoms with Crippen LogP contribution in [0.25, 0.3) is 6.08 Å². The van der Waals surface area contributed by atoms with Gasteiger partial charge in [0.15, 0.2) is 4.80 Å². The number of benzene rings is 1. The topological polar surface area (TPSA) is 106 Å². The zero-order valence-electron chi connectivity index (χ0n) is 14.7. The second-order valence-corrected chi connectivity index (χ2v) is 7.05. The number of fused-ring (bicyclic) bond motifs is 1. The first kappa shape index (κ1) is 17.9. The summed E-state index contributed by atoms with van der Waals surface area (Å²) < 4.78 is 7.81. The van der Waals surface area contributed by atoms with Gasteiger partial charge in [0, 0.05) is 18.3 Å². The molecule has 1 aliphatic rings. The Kier molecular flexibility index (Phi) is 4.90. The first-order valence-electron chi connectivity index (χ1n) is 8.59. The summed E-state index contributed by atoms with van der Waals surface area (Å²) in [5.74, 6) is -0.550. The van der Waals surface area contributed by atoms with E-state index in [1.807, 2.05) is 6.07 Å². The average molecular weight is 396 g/mol. The fourth-order valence-electron chi connectivity index (χ4n) is 2.72. The maximum Gasteiger partial charge on any atom is 0.313 e. The van der Waals surface area contributed by atoms with Crippen LogP contribution in [0, 0.1) is 0 Å². The normalized spacial score (nSPS) is 13.1. The summed E-state index contributed by atoms with van der Waals surface area (Å²) in [6, 6.07) is 12.1. The maximum absolute atomic E-state index is 12.3. The van der Waals surface area contributed by atoms with Gasteiger partial charge in [-0.05, 0) is 24.3 Å². The first-order chi connectivity index (χ1) is 13.6. The number of hydrogen-bond acceptors (Lipinski definition) is 6. The van der Waals surface area contributed by atoms with Gasteiger partial charge in [-0.1, -0.05) is 29.5 Å². The van der Waals surface area contributed by atoms with E-state index in [-0.39, 0.29) is 12.1 Å². The summed E-state index contributed by atoms with van der Waals surface area (Å²) in [5.41, 5.74) is 0.462. The molecule has 8 nitrogen and oxygen atoms in total. The van der Waals surface area contributed by atoms with Crippen molar-refractivity contribution >= 4 is 34.9 Å². The van der Waals surface area contributed by atoms with Crippen LogP contribution in [0.3, 0.4) is 0 Å². The number of carbonyl (C=O) groups is 2. The molecule has 142 valence electrons. The Morgan fingerprint density at radius 2 is 2.00 bits per heavy atom. The third kappa shape index (κ3) is 3.79. The highest BCUT2D eigenvalue weighted by Crippen LogP contribution is 2.09. The van der Waals surface area contributed by atoms with Gasteiger partial charge >= 0.3 is 11.8 Å². The zero-order valence-corrected chi connectivity index (χ0v) is 15.5. The third-order valence-electron chi connectivity index (χ3n) is 4.08. The Morgan fingerprint density at radius 3 is 2.79 bits per heavy atom. The smallest absolute Gasteiger partial charge is 0.313 e. The Balaban J connectivity index is 1.39. The van der Waals surface area contributed by atoms with Gasteiger partial charge in [-0.15, -0.1) is 0 Å². The van der Waals surface area contributed by atoms with Crippen LogP contribution in [0.5, 0.6) is 0 Å². The number of aromatic nitrogens is 1. The molecule has 0 radical (unpaired) electrons. The molecule has 0 saturated heterocycles. The number of carbonyl (C=O) groups excluding carboxylic acids is 2. The van der Waals surface area contributed by atoms with E-state index in [0.717, 1.165) is 4.80 Å². The van der Waals surface area contributed by atoms with Crippen molar-refractivity contribution < 1.29 is 14.0 Å². The number of thiazole rings is 1. The van der Waals surface area contributed by atoms with Crippen molar-refractivity contribution in [3.05, 3.63) is 73.7 Å². The summed E-state index contributed by atoms with van der Waals surface area (Å²) >= 11 is 1.32. The monoisotopic (exact) mass is 396 g/mol. The average Bonchev–Trinajstić information content (AvgIpc) is 3.40. The summed E-state index contributed by atoms with van der Waals surface area (Å²) in [5, 5.41) is 5.01. The van der Waals surface area contributed by atoms with Gasteiger partial charge in [0.05, 0.1) is 17.6 Å². The van der Waals surface area contributed by atoms with E-state index in [9.17, 15) is 14.4 Å². The van der Waals surface area contributed by atoms with E-state index in [1.54, 1.807) is 47.0 Å². The fraction of sp³-hybridized carbons (Fsp3) is 0.158. The number of rotatable bonds is 4. The largest absolute Gasteiger partial charge is 0.460 e. The Morgan fingerprint density at radius 1 is 1.18 bits per heavy atom. The number of hydrogen-bond donors (Lipinski definition) is 2. The SMILES string of the molecule is O=C(NCc1ccc(/C=c2/sc3n(c2=O)CCN=3)o1)C(=O)Nc1ccccc1. The quantitative estimate of drug-likeness (QED) is 0.616. The van der Waals surface area contributed by atoms with Crippen molar-refractivity contribution in [1.82, 2.24) is 9.88 Å². The molecule has 0 aliphatic carbocycles. The molecular formula is C19H16N4O4S. The molecule has 2 N–H and O–H groups in total. The van der Waals surface area contributed by atoms with E-state index < -0.39 is 11.8 Å². The molecule has 3 heterocycles. The Hall–Kier alpha value is -3.46. The fourth-order valence-corrected chi connectivity index (χ4v) is 3.73. The Bertz CT molecular complexity index is 1210. The van der Waals surface area contributed by atoms with Gasteiger partial charge in [-0.2, -0.15) is 0 Å². The van der Waals surface area contributed by atoms with Crippen molar-refractivity contribution in [1.29, 1.82) is 0 Å². The van der Waals surface area contributed by atoms with E-state index >= 15 is 0 Å². The molecule has 0 saturated carbocycles. The number of amides is 2.